The van der Waals surface area contributed by atoms with E-state index in [1.807, 2.05) is 34.6 Å². The van der Waals surface area contributed by atoms with Gasteiger partial charge in [0.15, 0.2) is 5.41 Å². The maximum Gasteiger partial charge on any atom is 0.434 e. The zero-order valence-electron chi connectivity index (χ0n) is 22.3. The zero-order valence-corrected chi connectivity index (χ0v) is 22.3. The summed E-state index contributed by atoms with van der Waals surface area (Å²) in [6.07, 6.45) is -18.4. The number of alkyl halides is 6. The van der Waals surface area contributed by atoms with Crippen LogP contribution in [-0.2, 0) is 28.6 Å². The Morgan fingerprint density at radius 3 is 1.95 bits per heavy atom. The Kier molecular flexibility index (Phi) is 8.39. The predicted molar refractivity (Wildman–Crippen MR) is 119 cm³/mol. The summed E-state index contributed by atoms with van der Waals surface area (Å²) in [6, 6.07) is 0. The molecule has 0 aromatic carbocycles. The first-order valence-corrected chi connectivity index (χ1v) is 12.2. The summed E-state index contributed by atoms with van der Waals surface area (Å²) in [4.78, 5) is 39.1. The highest BCUT2D eigenvalue weighted by Crippen LogP contribution is 2.56. The quantitative estimate of drug-likeness (QED) is 0.168. The van der Waals surface area contributed by atoms with Gasteiger partial charge in [0.2, 0.25) is 0 Å². The molecule has 0 radical (unpaired) electrons. The lowest BCUT2D eigenvalue weighted by Crippen LogP contribution is -2.50. The molecule has 1 aliphatic carbocycles. The Bertz CT molecular complexity index is 878. The monoisotopic (exact) mass is 546 g/mol. The fourth-order valence-electron chi connectivity index (χ4n) is 5.64. The Labute approximate surface area is 212 Å². The van der Waals surface area contributed by atoms with Gasteiger partial charge in [-0.15, -0.1) is 0 Å². The average Bonchev–Trinajstić information content (AvgIpc) is 3.16. The molecule has 2 fully saturated rings. The van der Waals surface area contributed by atoms with Crippen LogP contribution in [0.3, 0.4) is 0 Å². The van der Waals surface area contributed by atoms with Crippen LogP contribution in [-0.4, -0.2) is 48.6 Å². The minimum Gasteiger partial charge on any atom is -0.458 e. The number of carbonyl (C=O) groups excluding carboxylic acids is 3. The smallest absolute Gasteiger partial charge is 0.434 e. The van der Waals surface area contributed by atoms with Gasteiger partial charge in [0.1, 0.15) is 12.2 Å². The van der Waals surface area contributed by atoms with Crippen LogP contribution in [0.2, 0.25) is 0 Å². The molecule has 6 unspecified atom stereocenters. The second-order valence-corrected chi connectivity index (χ2v) is 12.3. The van der Waals surface area contributed by atoms with Crippen LogP contribution in [0.25, 0.3) is 0 Å². The van der Waals surface area contributed by atoms with Crippen molar-refractivity contribution in [1.82, 2.24) is 0 Å². The molecule has 0 aromatic heterocycles. The van der Waals surface area contributed by atoms with E-state index >= 15 is 0 Å². The molecule has 2 aliphatic rings. The topological polar surface area (TPSA) is 78.9 Å². The van der Waals surface area contributed by atoms with Gasteiger partial charge < -0.3 is 14.2 Å². The molecule has 6 atom stereocenters. The van der Waals surface area contributed by atoms with Crippen LogP contribution < -0.4 is 0 Å². The number of fused-ring (bicyclic) bond motifs is 1. The van der Waals surface area contributed by atoms with E-state index in [0.717, 1.165) is 0 Å². The number of carbonyl (C=O) groups is 3. The van der Waals surface area contributed by atoms with Gasteiger partial charge in [-0.25, -0.2) is 0 Å². The fourth-order valence-corrected chi connectivity index (χ4v) is 5.64. The highest BCUT2D eigenvalue weighted by molar-refractivity contribution is 6.02. The number of rotatable bonds is 7. The Balaban J connectivity index is 2.35. The molecule has 0 amide bonds. The molecule has 1 saturated heterocycles. The third kappa shape index (κ3) is 6.19. The van der Waals surface area contributed by atoms with Gasteiger partial charge in [-0.05, 0) is 50.4 Å². The molecule has 1 heterocycles. The minimum absolute atomic E-state index is 0.0829. The summed E-state index contributed by atoms with van der Waals surface area (Å²) < 4.78 is 93.2. The van der Waals surface area contributed by atoms with Gasteiger partial charge in [0.25, 0.3) is 6.10 Å². The average molecular weight is 547 g/mol. The number of hydrogen-bond acceptors (Lipinski definition) is 6. The van der Waals surface area contributed by atoms with Crippen molar-refractivity contribution >= 4 is 17.9 Å². The van der Waals surface area contributed by atoms with Crippen LogP contribution in [0.5, 0.6) is 0 Å². The normalized spacial score (nSPS) is 29.1. The van der Waals surface area contributed by atoms with E-state index in [1.165, 1.54) is 6.92 Å². The molecule has 1 saturated carbocycles. The van der Waals surface area contributed by atoms with Crippen LogP contribution >= 0.6 is 0 Å². The lowest BCUT2D eigenvalue weighted by atomic mass is 9.68. The first-order valence-electron chi connectivity index (χ1n) is 12.2. The maximum absolute atomic E-state index is 13.3. The molecule has 0 aromatic rings. The standard InChI is InChI=1S/C25H36F6O6/c1-12(2)22(8,11-21(5,6)7)18(32)35-14(4)16-15-9-13(3)10-23(15,19(33)36-16)20(34)37-17(24(26,27)28)25(29,30)31/h12-17H,9-11H2,1-8H3. The SMILES string of the molecule is CC1CC2C(C(C)OC(=O)C(C)(CC(C)(C)C)C(C)C)OC(=O)C2(C(=O)OC(C(F)(F)F)C(F)(F)F)C1. The lowest BCUT2D eigenvalue weighted by Gasteiger charge is -2.38. The summed E-state index contributed by atoms with van der Waals surface area (Å²) in [7, 11) is 0. The highest BCUT2D eigenvalue weighted by atomic mass is 19.4. The van der Waals surface area contributed by atoms with E-state index in [0.29, 0.717) is 6.42 Å². The van der Waals surface area contributed by atoms with Crippen molar-refractivity contribution in [2.45, 2.75) is 105 Å². The van der Waals surface area contributed by atoms with E-state index in [-0.39, 0.29) is 24.2 Å². The predicted octanol–water partition coefficient (Wildman–Crippen LogP) is 6.01. The maximum atomic E-state index is 13.3. The largest absolute Gasteiger partial charge is 0.458 e. The number of halogens is 6. The van der Waals surface area contributed by atoms with Crippen molar-refractivity contribution < 1.29 is 54.9 Å². The van der Waals surface area contributed by atoms with Crippen molar-refractivity contribution in [3.05, 3.63) is 0 Å². The summed E-state index contributed by atoms with van der Waals surface area (Å²) in [6.45, 7) is 14.3. The summed E-state index contributed by atoms with van der Waals surface area (Å²) >= 11 is 0. The first kappa shape index (κ1) is 31.2. The van der Waals surface area contributed by atoms with Crippen molar-refractivity contribution in [2.75, 3.05) is 0 Å². The Hall–Kier alpha value is -2.01. The number of cyclic esters (lactones) is 1. The third-order valence-corrected chi connectivity index (χ3v) is 7.54. The van der Waals surface area contributed by atoms with Crippen LogP contribution in [0.1, 0.15) is 74.7 Å². The first-order chi connectivity index (χ1) is 16.5. The molecular weight excluding hydrogens is 510 g/mol. The third-order valence-electron chi connectivity index (χ3n) is 7.54. The van der Waals surface area contributed by atoms with E-state index < -0.39 is 71.2 Å². The minimum atomic E-state index is -5.93. The van der Waals surface area contributed by atoms with Gasteiger partial charge in [0.05, 0.1) is 5.41 Å². The van der Waals surface area contributed by atoms with Crippen molar-refractivity contribution in [1.29, 1.82) is 0 Å². The van der Waals surface area contributed by atoms with Gasteiger partial charge in [-0.2, -0.15) is 26.3 Å². The molecule has 0 spiro atoms. The molecule has 2 rings (SSSR count). The Morgan fingerprint density at radius 1 is 1.00 bits per heavy atom. The fraction of sp³-hybridized carbons (Fsp3) is 0.880. The number of hydrogen-bond donors (Lipinski definition) is 0. The van der Waals surface area contributed by atoms with Crippen molar-refractivity contribution in [2.24, 2.45) is 34.0 Å². The molecule has 6 nitrogen and oxygen atoms in total. The van der Waals surface area contributed by atoms with Crippen LogP contribution in [0.15, 0.2) is 0 Å². The molecule has 0 bridgehead atoms. The van der Waals surface area contributed by atoms with E-state index in [9.17, 15) is 40.7 Å². The summed E-state index contributed by atoms with van der Waals surface area (Å²) in [5, 5.41) is 0. The summed E-state index contributed by atoms with van der Waals surface area (Å²) in [5.41, 5.74) is -3.53. The summed E-state index contributed by atoms with van der Waals surface area (Å²) in [5.74, 6) is -5.47. The van der Waals surface area contributed by atoms with Gasteiger partial charge in [-0.1, -0.05) is 41.5 Å². The van der Waals surface area contributed by atoms with Gasteiger partial charge >= 0.3 is 30.3 Å². The van der Waals surface area contributed by atoms with Crippen molar-refractivity contribution in [3.8, 4) is 0 Å². The number of esters is 3. The molecule has 1 aliphatic heterocycles. The van der Waals surface area contributed by atoms with E-state index in [2.05, 4.69) is 4.74 Å². The molecular formula is C25H36F6O6. The van der Waals surface area contributed by atoms with E-state index in [4.69, 9.17) is 9.47 Å². The zero-order chi connectivity index (χ0) is 28.9. The second-order valence-electron chi connectivity index (χ2n) is 12.3. The molecule has 214 valence electrons. The Morgan fingerprint density at radius 2 is 1.51 bits per heavy atom. The van der Waals surface area contributed by atoms with Crippen molar-refractivity contribution in [3.63, 3.8) is 0 Å². The molecule has 12 heteroatoms. The highest BCUT2D eigenvalue weighted by Gasteiger charge is 2.70. The lowest BCUT2D eigenvalue weighted by molar-refractivity contribution is -0.315. The van der Waals surface area contributed by atoms with Crippen LogP contribution in [0.4, 0.5) is 26.3 Å². The van der Waals surface area contributed by atoms with Gasteiger partial charge in [0, 0.05) is 5.92 Å². The van der Waals surface area contributed by atoms with Crippen LogP contribution in [0, 0.1) is 34.0 Å². The van der Waals surface area contributed by atoms with E-state index in [1.54, 1.807) is 13.8 Å². The van der Waals surface area contributed by atoms with Gasteiger partial charge in [-0.3, -0.25) is 14.4 Å². The second kappa shape index (κ2) is 9.94. The molecule has 0 N–H and O–H groups in total. The number of ether oxygens (including phenoxy) is 3. The molecule has 37 heavy (non-hydrogen) atoms.